The van der Waals surface area contributed by atoms with Crippen molar-refractivity contribution in [2.75, 3.05) is 33.1 Å². The van der Waals surface area contributed by atoms with E-state index in [1.54, 1.807) is 50.3 Å². The zero-order valence-electron chi connectivity index (χ0n) is 13.7. The summed E-state index contributed by atoms with van der Waals surface area (Å²) in [6.45, 7) is 4.49. The summed E-state index contributed by atoms with van der Waals surface area (Å²) in [5.74, 6) is 0.135. The molecule has 1 rings (SSSR count). The zero-order chi connectivity index (χ0) is 17.1. The van der Waals surface area contributed by atoms with E-state index in [0.29, 0.717) is 24.5 Å². The number of hydrogen-bond acceptors (Lipinski definition) is 6. The number of rotatable bonds is 10. The second kappa shape index (κ2) is 10.2. The van der Waals surface area contributed by atoms with Gasteiger partial charge in [-0.3, -0.25) is 4.57 Å². The van der Waals surface area contributed by atoms with Crippen LogP contribution in [0.3, 0.4) is 0 Å². The first kappa shape index (κ1) is 19.4. The molecule has 0 saturated heterocycles. The molecule has 128 valence electrons. The quantitative estimate of drug-likeness (QED) is 0.367. The largest absolute Gasteiger partial charge is 0.490 e. The van der Waals surface area contributed by atoms with Crippen molar-refractivity contribution in [3.05, 3.63) is 42.0 Å². The van der Waals surface area contributed by atoms with E-state index in [9.17, 15) is 9.36 Å². The third kappa shape index (κ3) is 6.99. The number of benzene rings is 1. The van der Waals surface area contributed by atoms with Crippen LogP contribution in [-0.2, 0) is 18.3 Å². The number of hydrogen-bond donors (Lipinski definition) is 0. The Morgan fingerprint density at radius 1 is 1.17 bits per heavy atom. The lowest BCUT2D eigenvalue weighted by Crippen LogP contribution is -2.02. The molecular formula is C16H23O6P. The lowest BCUT2D eigenvalue weighted by molar-refractivity contribution is 0.0600. The van der Waals surface area contributed by atoms with Crippen LogP contribution in [0.4, 0.5) is 0 Å². The topological polar surface area (TPSA) is 71.1 Å². The number of carbonyl (C=O) groups excluding carboxylic acids is 1. The Balaban J connectivity index is 2.50. The SMILES string of the molecule is CCOP(=O)(C/C=C/COc1cccc(C(=O)OC)c1)OCC. The van der Waals surface area contributed by atoms with Gasteiger partial charge in [-0.2, -0.15) is 0 Å². The summed E-state index contributed by atoms with van der Waals surface area (Å²) in [4.78, 5) is 11.4. The third-order valence-electron chi connectivity index (χ3n) is 2.75. The van der Waals surface area contributed by atoms with Gasteiger partial charge in [0.2, 0.25) is 0 Å². The Labute approximate surface area is 136 Å². The van der Waals surface area contributed by atoms with Crippen LogP contribution in [-0.4, -0.2) is 39.1 Å². The summed E-state index contributed by atoms with van der Waals surface area (Å²) in [6.07, 6.45) is 3.63. The van der Waals surface area contributed by atoms with E-state index in [4.69, 9.17) is 13.8 Å². The molecule has 0 aliphatic carbocycles. The summed E-state index contributed by atoms with van der Waals surface area (Å²) in [7, 11) is -1.73. The van der Waals surface area contributed by atoms with Crippen molar-refractivity contribution in [2.45, 2.75) is 13.8 Å². The van der Waals surface area contributed by atoms with Gasteiger partial charge in [-0.25, -0.2) is 4.79 Å². The van der Waals surface area contributed by atoms with E-state index in [0.717, 1.165) is 0 Å². The minimum Gasteiger partial charge on any atom is -0.490 e. The maximum absolute atomic E-state index is 12.2. The summed E-state index contributed by atoms with van der Waals surface area (Å²) >= 11 is 0. The smallest absolute Gasteiger partial charge is 0.337 e. The molecule has 0 spiro atoms. The van der Waals surface area contributed by atoms with Crippen molar-refractivity contribution >= 4 is 13.6 Å². The average Bonchev–Trinajstić information content (AvgIpc) is 2.54. The lowest BCUT2D eigenvalue weighted by atomic mass is 10.2. The second-order valence-corrected chi connectivity index (χ2v) is 6.53. The van der Waals surface area contributed by atoms with Gasteiger partial charge in [0.25, 0.3) is 0 Å². The molecule has 1 aromatic rings. The molecule has 0 heterocycles. The highest BCUT2D eigenvalue weighted by atomic mass is 31.2. The van der Waals surface area contributed by atoms with E-state index < -0.39 is 13.6 Å². The number of carbonyl (C=O) groups is 1. The molecule has 0 radical (unpaired) electrons. The monoisotopic (exact) mass is 342 g/mol. The minimum absolute atomic E-state index is 0.195. The van der Waals surface area contributed by atoms with Crippen molar-refractivity contribution in [1.82, 2.24) is 0 Å². The van der Waals surface area contributed by atoms with Crippen molar-refractivity contribution in [3.63, 3.8) is 0 Å². The van der Waals surface area contributed by atoms with Crippen LogP contribution in [0, 0.1) is 0 Å². The van der Waals surface area contributed by atoms with Gasteiger partial charge in [0, 0.05) is 0 Å². The van der Waals surface area contributed by atoms with E-state index in [1.165, 1.54) is 7.11 Å². The highest BCUT2D eigenvalue weighted by Crippen LogP contribution is 2.47. The van der Waals surface area contributed by atoms with Gasteiger partial charge in [0.15, 0.2) is 0 Å². The first-order valence-corrected chi connectivity index (χ1v) is 9.11. The molecule has 7 heteroatoms. The number of ether oxygens (including phenoxy) is 2. The molecule has 0 atom stereocenters. The summed E-state index contributed by atoms with van der Waals surface area (Å²) in [6, 6.07) is 6.70. The van der Waals surface area contributed by atoms with E-state index >= 15 is 0 Å². The van der Waals surface area contributed by atoms with Crippen molar-refractivity contribution < 1.29 is 27.9 Å². The molecule has 1 aromatic carbocycles. The fraction of sp³-hybridized carbons (Fsp3) is 0.438. The first-order chi connectivity index (χ1) is 11.0. The van der Waals surface area contributed by atoms with Crippen LogP contribution in [0.25, 0.3) is 0 Å². The molecule has 0 aliphatic rings. The highest BCUT2D eigenvalue weighted by Gasteiger charge is 2.20. The molecular weight excluding hydrogens is 319 g/mol. The fourth-order valence-electron chi connectivity index (χ4n) is 1.78. The van der Waals surface area contributed by atoms with E-state index in [2.05, 4.69) is 4.74 Å². The molecule has 0 unspecified atom stereocenters. The van der Waals surface area contributed by atoms with Gasteiger partial charge in [-0.05, 0) is 32.0 Å². The van der Waals surface area contributed by atoms with Crippen LogP contribution in [0.1, 0.15) is 24.2 Å². The molecule has 6 nitrogen and oxygen atoms in total. The van der Waals surface area contributed by atoms with E-state index in [1.807, 2.05) is 0 Å². The Hall–Kier alpha value is -1.62. The Kier molecular flexibility index (Phi) is 8.62. The summed E-state index contributed by atoms with van der Waals surface area (Å²) in [5, 5.41) is 0. The minimum atomic E-state index is -3.06. The first-order valence-electron chi connectivity index (χ1n) is 7.39. The van der Waals surface area contributed by atoms with Crippen molar-refractivity contribution in [3.8, 4) is 5.75 Å². The maximum atomic E-state index is 12.2. The van der Waals surface area contributed by atoms with Crippen LogP contribution in [0.2, 0.25) is 0 Å². The molecule has 0 bridgehead atoms. The summed E-state index contributed by atoms with van der Waals surface area (Å²) in [5.41, 5.74) is 0.422. The molecule has 0 N–H and O–H groups in total. The van der Waals surface area contributed by atoms with Gasteiger partial charge >= 0.3 is 13.6 Å². The molecule has 0 aromatic heterocycles. The normalized spacial score (nSPS) is 11.6. The fourth-order valence-corrected chi connectivity index (χ4v) is 3.26. The van der Waals surface area contributed by atoms with Crippen molar-refractivity contribution in [2.24, 2.45) is 0 Å². The van der Waals surface area contributed by atoms with Crippen LogP contribution in [0.15, 0.2) is 36.4 Å². The molecule has 0 saturated carbocycles. The lowest BCUT2D eigenvalue weighted by Gasteiger charge is -2.14. The highest BCUT2D eigenvalue weighted by molar-refractivity contribution is 7.54. The third-order valence-corrected chi connectivity index (χ3v) is 4.71. The Morgan fingerprint density at radius 2 is 1.87 bits per heavy atom. The predicted octanol–water partition coefficient (Wildman–Crippen LogP) is 3.67. The van der Waals surface area contributed by atoms with Crippen LogP contribution < -0.4 is 4.74 Å². The number of allylic oxidation sites excluding steroid dienone is 1. The van der Waals surface area contributed by atoms with Gasteiger partial charge in [-0.1, -0.05) is 18.2 Å². The van der Waals surface area contributed by atoms with Gasteiger partial charge in [0.05, 0.1) is 32.0 Å². The molecule has 0 amide bonds. The van der Waals surface area contributed by atoms with Gasteiger partial charge in [0.1, 0.15) is 12.4 Å². The van der Waals surface area contributed by atoms with Gasteiger partial charge < -0.3 is 18.5 Å². The average molecular weight is 342 g/mol. The van der Waals surface area contributed by atoms with Crippen LogP contribution >= 0.6 is 7.60 Å². The Morgan fingerprint density at radius 3 is 2.48 bits per heavy atom. The Bertz CT molecular complexity index is 559. The second-order valence-electron chi connectivity index (χ2n) is 4.43. The van der Waals surface area contributed by atoms with Crippen molar-refractivity contribution in [1.29, 1.82) is 0 Å². The molecule has 0 aliphatic heterocycles. The van der Waals surface area contributed by atoms with Gasteiger partial charge in [-0.15, -0.1) is 0 Å². The zero-order valence-corrected chi connectivity index (χ0v) is 14.6. The number of esters is 1. The standard InChI is InChI=1S/C16H23O6P/c1-4-21-23(18,22-5-2)12-7-6-11-20-15-10-8-9-14(13-15)16(17)19-3/h6-10,13H,4-5,11-12H2,1-3H3/b7-6+. The predicted molar refractivity (Wildman–Crippen MR) is 88.1 cm³/mol. The molecule has 23 heavy (non-hydrogen) atoms. The summed E-state index contributed by atoms with van der Waals surface area (Å²) < 4.78 is 32.7. The molecule has 0 fully saturated rings. The van der Waals surface area contributed by atoms with E-state index in [-0.39, 0.29) is 12.8 Å². The number of methoxy groups -OCH3 is 1. The maximum Gasteiger partial charge on any atom is 0.337 e. The van der Waals surface area contributed by atoms with Crippen LogP contribution in [0.5, 0.6) is 5.75 Å².